The van der Waals surface area contributed by atoms with Crippen molar-refractivity contribution in [2.45, 2.75) is 52.6 Å². The number of ether oxygens (including phenoxy) is 2. The van der Waals surface area contributed by atoms with Crippen molar-refractivity contribution in [2.75, 3.05) is 51.3 Å². The molecule has 5 rings (SSSR count). The number of carbonyl (C=O) groups is 1. The zero-order chi connectivity index (χ0) is 31.8. The molecule has 1 N–H and O–H groups in total. The van der Waals surface area contributed by atoms with E-state index >= 15 is 0 Å². The highest BCUT2D eigenvalue weighted by molar-refractivity contribution is 5.78. The number of pyridine rings is 1. The molecule has 0 saturated carbocycles. The number of anilines is 1. The molecule has 240 valence electrons. The molecule has 10 nitrogen and oxygen atoms in total. The maximum Gasteiger partial charge on any atom is 0.415 e. The molecule has 45 heavy (non-hydrogen) atoms. The first-order valence-electron chi connectivity index (χ1n) is 15.9. The molecule has 1 amide bonds. The third kappa shape index (κ3) is 8.46. The number of nitrogens with one attached hydrogen (secondary N) is 1. The molecule has 1 aliphatic rings. The molecule has 0 radical (unpaired) electrons. The van der Waals surface area contributed by atoms with E-state index in [1.807, 2.05) is 39.0 Å². The predicted octanol–water partition coefficient (Wildman–Crippen LogP) is 5.87. The zero-order valence-electron chi connectivity index (χ0n) is 26.7. The van der Waals surface area contributed by atoms with Crippen molar-refractivity contribution in [1.82, 2.24) is 24.3 Å². The quantitative estimate of drug-likeness (QED) is 0.198. The van der Waals surface area contributed by atoms with Crippen LogP contribution in [-0.2, 0) is 11.2 Å². The first-order valence-corrected chi connectivity index (χ1v) is 15.9. The second-order valence-corrected chi connectivity index (χ2v) is 11.8. The Kier molecular flexibility index (Phi) is 10.8. The van der Waals surface area contributed by atoms with Gasteiger partial charge in [-0.05, 0) is 69.9 Å². The Bertz CT molecular complexity index is 1620. The summed E-state index contributed by atoms with van der Waals surface area (Å²) in [5.74, 6) is 1.09. The molecule has 0 aliphatic carbocycles. The maximum absolute atomic E-state index is 12.5. The van der Waals surface area contributed by atoms with E-state index in [2.05, 4.69) is 46.4 Å². The van der Waals surface area contributed by atoms with E-state index in [0.29, 0.717) is 43.6 Å². The van der Waals surface area contributed by atoms with Crippen LogP contribution >= 0.6 is 0 Å². The van der Waals surface area contributed by atoms with Crippen LogP contribution in [0.1, 0.15) is 57.5 Å². The van der Waals surface area contributed by atoms with E-state index in [0.717, 1.165) is 49.1 Å². The summed E-state index contributed by atoms with van der Waals surface area (Å²) in [6, 6.07) is 21.2. The number of fused-ring (bicyclic) bond motifs is 1. The Morgan fingerprint density at radius 3 is 2.38 bits per heavy atom. The lowest BCUT2D eigenvalue weighted by Gasteiger charge is -2.33. The number of aryl methyl sites for hydroxylation is 2. The largest absolute Gasteiger partial charge is 0.415 e. The van der Waals surface area contributed by atoms with Crippen LogP contribution in [0.25, 0.3) is 11.0 Å². The zero-order valence-corrected chi connectivity index (χ0v) is 26.7. The molecule has 1 aliphatic heterocycles. The van der Waals surface area contributed by atoms with Gasteiger partial charge in [0.25, 0.3) is 5.56 Å². The average molecular weight is 615 g/mol. The molecular formula is C35H46N6O4. The van der Waals surface area contributed by atoms with E-state index < -0.39 is 0 Å². The molecule has 1 atom stereocenters. The second-order valence-electron chi connectivity index (χ2n) is 11.8. The first-order chi connectivity index (χ1) is 21.8. The van der Waals surface area contributed by atoms with Crippen LogP contribution in [0.4, 0.5) is 10.7 Å². The summed E-state index contributed by atoms with van der Waals surface area (Å²) >= 11 is 0. The minimum absolute atomic E-state index is 0. The molecular weight excluding hydrogens is 568 g/mol. The van der Waals surface area contributed by atoms with Crippen molar-refractivity contribution < 1.29 is 15.7 Å². The summed E-state index contributed by atoms with van der Waals surface area (Å²) in [5, 5.41) is 4.31. The third-order valence-electron chi connectivity index (χ3n) is 8.20. The Balaban J connectivity index is 0.00000480. The second kappa shape index (κ2) is 15.1. The number of hydrogen-bond acceptors (Lipinski definition) is 8. The molecule has 0 spiro atoms. The van der Waals surface area contributed by atoms with Gasteiger partial charge in [0.15, 0.2) is 0 Å². The normalized spacial score (nSPS) is 14.6. The highest BCUT2D eigenvalue weighted by atomic mass is 16.6. The molecule has 10 heteroatoms. The topological polar surface area (TPSA) is 102 Å². The number of para-hydroxylation sites is 1. The first kappa shape index (κ1) is 32.1. The number of piperazine rings is 1. The summed E-state index contributed by atoms with van der Waals surface area (Å²) < 4.78 is 13.1. The van der Waals surface area contributed by atoms with Crippen LogP contribution in [0.3, 0.4) is 0 Å². The number of hydrogen-bond donors (Lipinski definition) is 1. The minimum atomic E-state index is -0.288. The van der Waals surface area contributed by atoms with Gasteiger partial charge in [-0.1, -0.05) is 42.5 Å². The summed E-state index contributed by atoms with van der Waals surface area (Å²) in [6.07, 6.45) is 1.61. The number of carbonyl (C=O) groups excluding carboxylic acids is 1. The van der Waals surface area contributed by atoms with Gasteiger partial charge in [0.2, 0.25) is 5.95 Å². The third-order valence-corrected chi connectivity index (χ3v) is 8.20. The smallest absolute Gasteiger partial charge is 0.410 e. The van der Waals surface area contributed by atoms with Gasteiger partial charge in [-0.15, -0.1) is 0 Å². The van der Waals surface area contributed by atoms with Crippen molar-refractivity contribution in [2.24, 2.45) is 0 Å². The highest BCUT2D eigenvalue weighted by Crippen LogP contribution is 2.22. The molecule has 2 aromatic heterocycles. The molecule has 4 aromatic rings. The van der Waals surface area contributed by atoms with Gasteiger partial charge in [0.05, 0.1) is 18.3 Å². The Morgan fingerprint density at radius 1 is 0.933 bits per heavy atom. The number of rotatable bonds is 12. The van der Waals surface area contributed by atoms with Gasteiger partial charge >= 0.3 is 6.09 Å². The monoisotopic (exact) mass is 614 g/mol. The van der Waals surface area contributed by atoms with Gasteiger partial charge in [-0.2, -0.15) is 4.98 Å². The van der Waals surface area contributed by atoms with Crippen LogP contribution in [0.2, 0.25) is 0 Å². The molecule has 0 unspecified atom stereocenters. The van der Waals surface area contributed by atoms with E-state index in [4.69, 9.17) is 14.5 Å². The van der Waals surface area contributed by atoms with E-state index in [1.165, 1.54) is 5.56 Å². The summed E-state index contributed by atoms with van der Waals surface area (Å²) in [7, 11) is 0. The molecule has 3 heterocycles. The SMILES string of the molecule is Cc1nc(N[C@@H](C)c2ccc(CCCOCCN3CCN(C(=O)Oc4ccccc4)CC3)cc2)nc2c1ccc(=O)n2C(C)C.[HH]. The van der Waals surface area contributed by atoms with Crippen LogP contribution < -0.4 is 15.6 Å². The molecule has 1 fully saturated rings. The fourth-order valence-electron chi connectivity index (χ4n) is 5.58. The van der Waals surface area contributed by atoms with Gasteiger partial charge in [0.1, 0.15) is 11.4 Å². The van der Waals surface area contributed by atoms with Crippen molar-refractivity contribution in [3.8, 4) is 5.75 Å². The van der Waals surface area contributed by atoms with Crippen LogP contribution in [-0.4, -0.2) is 76.4 Å². The number of nitrogens with zero attached hydrogens (tertiary/aromatic N) is 5. The number of aromatic nitrogens is 3. The maximum atomic E-state index is 12.5. The average Bonchev–Trinajstić information content (AvgIpc) is 3.03. The van der Waals surface area contributed by atoms with E-state index in [1.54, 1.807) is 33.7 Å². The summed E-state index contributed by atoms with van der Waals surface area (Å²) in [6.45, 7) is 13.2. The van der Waals surface area contributed by atoms with Gasteiger partial charge in [0, 0.05) is 58.3 Å². The Morgan fingerprint density at radius 2 is 1.67 bits per heavy atom. The van der Waals surface area contributed by atoms with Crippen LogP contribution in [0, 0.1) is 6.92 Å². The van der Waals surface area contributed by atoms with Crippen LogP contribution in [0.5, 0.6) is 5.75 Å². The highest BCUT2D eigenvalue weighted by Gasteiger charge is 2.22. The van der Waals surface area contributed by atoms with Crippen molar-refractivity contribution >= 4 is 23.1 Å². The van der Waals surface area contributed by atoms with Gasteiger partial charge < -0.3 is 19.7 Å². The fourth-order valence-corrected chi connectivity index (χ4v) is 5.58. The predicted molar refractivity (Wildman–Crippen MR) is 179 cm³/mol. The standard InChI is InChI=1S/C35H44N6O4.H2/c1-25(2)41-32(42)17-16-31-27(4)37-34(38-33(31)41)36-26(3)29-14-12-28(13-15-29)9-8-23-44-24-22-39-18-20-40(21-19-39)35(43)45-30-10-6-5-7-11-30;/h5-7,10-17,25-26H,8-9,18-24H2,1-4H3,(H,36,37,38);1H/t26-;/m0./s1. The number of benzene rings is 2. The van der Waals surface area contributed by atoms with Crippen molar-refractivity contribution in [1.29, 1.82) is 0 Å². The lowest BCUT2D eigenvalue weighted by atomic mass is 10.0. The lowest BCUT2D eigenvalue weighted by Crippen LogP contribution is -2.50. The van der Waals surface area contributed by atoms with Gasteiger partial charge in [-0.3, -0.25) is 14.3 Å². The van der Waals surface area contributed by atoms with Crippen molar-refractivity contribution in [3.63, 3.8) is 0 Å². The Labute approximate surface area is 266 Å². The van der Waals surface area contributed by atoms with Crippen LogP contribution in [0.15, 0.2) is 71.5 Å². The number of amides is 1. The van der Waals surface area contributed by atoms with E-state index in [9.17, 15) is 9.59 Å². The molecule has 0 bridgehead atoms. The lowest BCUT2D eigenvalue weighted by molar-refractivity contribution is 0.0737. The van der Waals surface area contributed by atoms with E-state index in [-0.39, 0.29) is 25.2 Å². The summed E-state index contributed by atoms with van der Waals surface area (Å²) in [4.78, 5) is 38.3. The fraction of sp³-hybridized carbons (Fsp3) is 0.429. The minimum Gasteiger partial charge on any atom is -0.410 e. The van der Waals surface area contributed by atoms with Gasteiger partial charge in [-0.25, -0.2) is 9.78 Å². The summed E-state index contributed by atoms with van der Waals surface area (Å²) in [5.41, 5.74) is 3.84. The van der Waals surface area contributed by atoms with Crippen molar-refractivity contribution in [3.05, 3.63) is 93.9 Å². The molecule has 2 aromatic carbocycles. The molecule has 1 saturated heterocycles. The Hall–Kier alpha value is -4.28.